The molecule has 558 valence electrons. The van der Waals surface area contributed by atoms with Gasteiger partial charge in [0, 0.05) is 34.6 Å². The molecule has 5 aromatic carbocycles. The van der Waals surface area contributed by atoms with Gasteiger partial charge in [0.1, 0.15) is 28.5 Å². The molecule has 15 heteroatoms. The molecule has 0 bridgehead atoms. The van der Waals surface area contributed by atoms with E-state index in [-0.39, 0.29) is 34.3 Å². The van der Waals surface area contributed by atoms with Crippen LogP contribution in [0, 0.1) is 34.6 Å². The van der Waals surface area contributed by atoms with E-state index in [0.717, 1.165) is 108 Å². The molecule has 5 aromatic heterocycles. The van der Waals surface area contributed by atoms with E-state index in [9.17, 15) is 24.0 Å². The maximum atomic E-state index is 11.6. The molecule has 0 saturated carbocycles. The van der Waals surface area contributed by atoms with Crippen molar-refractivity contribution in [2.75, 3.05) is 0 Å². The van der Waals surface area contributed by atoms with Crippen molar-refractivity contribution >= 4 is 85.9 Å². The summed E-state index contributed by atoms with van der Waals surface area (Å²) in [4.78, 5) is 103. The van der Waals surface area contributed by atoms with Crippen LogP contribution in [0.5, 0.6) is 0 Å². The Hall–Kier alpha value is -11.5. The minimum Gasteiger partial charge on any atom is -0.293 e. The lowest BCUT2D eigenvalue weighted by atomic mass is 9.86. The number of hydrogen-bond acceptors (Lipinski definition) is 15. The van der Waals surface area contributed by atoms with Crippen molar-refractivity contribution in [3.05, 3.63) is 295 Å². The molecule has 0 atom stereocenters. The number of benzene rings is 5. The summed E-state index contributed by atoms with van der Waals surface area (Å²) in [6, 6.07) is 60.2. The lowest BCUT2D eigenvalue weighted by molar-refractivity contribution is 0.100. The molecule has 10 aromatic rings. The Labute approximate surface area is 640 Å². The number of hydrogen-bond donors (Lipinski definition) is 0. The summed E-state index contributed by atoms with van der Waals surface area (Å²) in [5.41, 5.74) is 25.7. The summed E-state index contributed by atoms with van der Waals surface area (Å²) in [5.74, 6) is 1.03. The van der Waals surface area contributed by atoms with E-state index in [2.05, 4.69) is 155 Å². The van der Waals surface area contributed by atoms with Crippen LogP contribution < -0.4 is 0 Å². The van der Waals surface area contributed by atoms with Gasteiger partial charge < -0.3 is 0 Å². The summed E-state index contributed by atoms with van der Waals surface area (Å²) in [5, 5.41) is 0. The molecule has 0 amide bonds. The summed E-state index contributed by atoms with van der Waals surface area (Å²) >= 11 is 0. The van der Waals surface area contributed by atoms with Crippen LogP contribution in [0.3, 0.4) is 0 Å². The van der Waals surface area contributed by atoms with Gasteiger partial charge in [-0.3, -0.25) is 48.9 Å². The van der Waals surface area contributed by atoms with Crippen molar-refractivity contribution in [3.8, 4) is 0 Å². The molecular weight excluding hydrogens is 1340 g/mol. The maximum Gasteiger partial charge on any atom is 0.178 e. The quantitative estimate of drug-likeness (QED) is 0.0585. The van der Waals surface area contributed by atoms with Crippen molar-refractivity contribution in [1.82, 2.24) is 24.9 Å². The fourth-order valence-corrected chi connectivity index (χ4v) is 11.6. The van der Waals surface area contributed by atoms with E-state index < -0.39 is 0 Å². The summed E-state index contributed by atoms with van der Waals surface area (Å²) < 4.78 is 0. The molecule has 0 unspecified atom stereocenters. The topological polar surface area (TPSA) is 212 Å². The maximum absolute atomic E-state index is 11.6. The molecule has 0 saturated heterocycles. The van der Waals surface area contributed by atoms with Gasteiger partial charge in [-0.25, -0.2) is 24.9 Å². The Bertz CT molecular complexity index is 4990. The number of para-hydroxylation sites is 4. The normalized spacial score (nSPS) is 11.9. The standard InChI is InChI=1S/C21H26N2O.C19H22N2O.2C18H20N2O.C17H18N2O/c1-13(2)17-9-7-10-18(14(3)4)21(17)22-15(5)19-11-8-12-20(23-19)16(6)24;1-13(16-11-8-12-17(21-16)14(2)22)20-18-10-7-6-9-15(18)19(3,4)5;1-11-9-12(2)18(13(3)10-11)19-14(4)16-7-6-8-17(20-16)15(5)21;1-12(2)15-8-5-6-9-18(15)19-13(3)16-10-7-11-17(20-16)14(4)21;1-11-7-5-8-12(2)17(11)18-13(3)15-9-6-10-16(19-15)14(4)20/h7-14H,1-6H3;6-12H,1-5H3;6-10H,1-5H3;5-12H,1-4H3;5-10H,1-4H3. The predicted octanol–water partition coefficient (Wildman–Crippen LogP) is 23.3. The Balaban J connectivity index is 0.000000211. The van der Waals surface area contributed by atoms with Crippen molar-refractivity contribution in [2.24, 2.45) is 25.0 Å². The largest absolute Gasteiger partial charge is 0.293 e. The first-order valence-corrected chi connectivity index (χ1v) is 36.6. The van der Waals surface area contributed by atoms with Crippen molar-refractivity contribution in [3.63, 3.8) is 0 Å². The van der Waals surface area contributed by atoms with E-state index in [4.69, 9.17) is 20.0 Å². The van der Waals surface area contributed by atoms with Gasteiger partial charge in [-0.1, -0.05) is 183 Å². The third-order valence-corrected chi connectivity index (χ3v) is 17.5. The summed E-state index contributed by atoms with van der Waals surface area (Å²) in [6.45, 7) is 47.1. The third-order valence-electron chi connectivity index (χ3n) is 17.5. The molecule has 0 fully saturated rings. The van der Waals surface area contributed by atoms with Crippen LogP contribution in [0.25, 0.3) is 0 Å². The minimum absolute atomic E-state index is 0.0229. The molecule has 0 aliphatic heterocycles. The van der Waals surface area contributed by atoms with E-state index in [1.165, 1.54) is 62.4 Å². The van der Waals surface area contributed by atoms with Crippen LogP contribution in [-0.4, -0.2) is 82.4 Å². The zero-order valence-corrected chi connectivity index (χ0v) is 67.6. The van der Waals surface area contributed by atoms with E-state index in [0.29, 0.717) is 46.2 Å². The van der Waals surface area contributed by atoms with Crippen LogP contribution in [0.1, 0.15) is 280 Å². The highest BCUT2D eigenvalue weighted by Crippen LogP contribution is 2.36. The van der Waals surface area contributed by atoms with Crippen molar-refractivity contribution < 1.29 is 24.0 Å². The fraction of sp³-hybridized carbons (Fsp3) is 0.301. The third kappa shape index (κ3) is 24.8. The van der Waals surface area contributed by atoms with Gasteiger partial charge in [0.05, 0.1) is 85.5 Å². The Kier molecular flexibility index (Phi) is 31.5. The highest BCUT2D eigenvalue weighted by Gasteiger charge is 2.20. The lowest BCUT2D eigenvalue weighted by Crippen LogP contribution is -2.11. The minimum atomic E-state index is -0.0373. The van der Waals surface area contributed by atoms with Crippen molar-refractivity contribution in [2.45, 2.75) is 189 Å². The second-order valence-electron chi connectivity index (χ2n) is 28.9. The van der Waals surface area contributed by atoms with E-state index >= 15 is 0 Å². The molecule has 15 nitrogen and oxygen atoms in total. The summed E-state index contributed by atoms with van der Waals surface area (Å²) in [7, 11) is 0. The molecule has 108 heavy (non-hydrogen) atoms. The second-order valence-corrected chi connectivity index (χ2v) is 28.9. The van der Waals surface area contributed by atoms with Gasteiger partial charge in [0.15, 0.2) is 28.9 Å². The number of carbonyl (C=O) groups is 5. The number of rotatable bonds is 18. The number of carbonyl (C=O) groups excluding carboxylic acids is 5. The monoisotopic (exact) mass is 1440 g/mol. The molecule has 0 radical (unpaired) electrons. The van der Waals surface area contributed by atoms with Crippen molar-refractivity contribution in [1.29, 1.82) is 0 Å². The molecule has 0 aliphatic carbocycles. The van der Waals surface area contributed by atoms with E-state index in [1.54, 1.807) is 30.3 Å². The average molecular weight is 1440 g/mol. The Morgan fingerprint density at radius 3 is 0.852 bits per heavy atom. The molecule has 5 heterocycles. The number of ketones is 5. The van der Waals surface area contributed by atoms with Crippen LogP contribution in [0.2, 0.25) is 0 Å². The number of aromatic nitrogens is 5. The first-order valence-electron chi connectivity index (χ1n) is 36.6. The van der Waals surface area contributed by atoms with Gasteiger partial charge in [-0.05, 0) is 210 Å². The molecule has 0 aliphatic rings. The second kappa shape index (κ2) is 39.8. The number of Topliss-reactive ketones (excluding diaryl/α,β-unsaturated/α-hetero) is 5. The smallest absolute Gasteiger partial charge is 0.178 e. The van der Waals surface area contributed by atoms with E-state index in [1.807, 2.05) is 164 Å². The van der Waals surface area contributed by atoms with Gasteiger partial charge >= 0.3 is 0 Å². The van der Waals surface area contributed by atoms with Crippen LogP contribution in [0.4, 0.5) is 28.4 Å². The van der Waals surface area contributed by atoms with Crippen LogP contribution in [-0.2, 0) is 5.41 Å². The van der Waals surface area contributed by atoms with Crippen LogP contribution >= 0.6 is 0 Å². The lowest BCUT2D eigenvalue weighted by Gasteiger charge is -2.21. The molecule has 10 rings (SSSR count). The van der Waals surface area contributed by atoms with Crippen LogP contribution in [0.15, 0.2) is 213 Å². The summed E-state index contributed by atoms with van der Waals surface area (Å²) in [6.07, 6.45) is 0. The number of aryl methyl sites for hydroxylation is 5. The zero-order valence-electron chi connectivity index (χ0n) is 67.6. The Morgan fingerprint density at radius 2 is 0.528 bits per heavy atom. The predicted molar refractivity (Wildman–Crippen MR) is 447 cm³/mol. The first kappa shape index (κ1) is 85.5. The number of aliphatic imine (C=N–C) groups is 5. The van der Waals surface area contributed by atoms with Gasteiger partial charge in [0.2, 0.25) is 0 Å². The van der Waals surface area contributed by atoms with Gasteiger partial charge in [-0.2, -0.15) is 0 Å². The first-order chi connectivity index (χ1) is 50.9. The molecule has 0 N–H and O–H groups in total. The molecular formula is C93H106N10O5. The number of pyridine rings is 5. The van der Waals surface area contributed by atoms with Gasteiger partial charge in [0.25, 0.3) is 0 Å². The number of nitrogens with zero attached hydrogens (tertiary/aromatic N) is 10. The average Bonchev–Trinajstić information content (AvgIpc) is 0.833. The fourth-order valence-electron chi connectivity index (χ4n) is 11.6. The Morgan fingerprint density at radius 1 is 0.278 bits per heavy atom. The molecule has 0 spiro atoms. The van der Waals surface area contributed by atoms with Gasteiger partial charge in [-0.15, -0.1) is 0 Å². The highest BCUT2D eigenvalue weighted by molar-refractivity contribution is 6.04. The highest BCUT2D eigenvalue weighted by atomic mass is 16.1. The zero-order chi connectivity index (χ0) is 79.9. The SMILES string of the molecule is CC(=O)c1cccc(C(C)=Nc2c(C(C)C)cccc2C(C)C)n1.CC(=O)c1cccc(C(C)=Nc2c(C)cc(C)cc2C)n1.CC(=O)c1cccc(C(C)=Nc2c(C)cccc2C)n1.CC(=O)c1cccc(C(C)=Nc2ccccc2C(C)(C)C)n1.CC(=O)c1cccc(C(C)=Nc2ccccc2C(C)C)n1.